The maximum Gasteiger partial charge on any atom is 0.470 e. The van der Waals surface area contributed by atoms with Crippen LogP contribution in [0.15, 0.2) is 0 Å². The van der Waals surface area contributed by atoms with Gasteiger partial charge in [0.25, 0.3) is 0 Å². The first-order valence-corrected chi connectivity index (χ1v) is 43.7. The van der Waals surface area contributed by atoms with Gasteiger partial charge in [0.1, 0.15) is 36.6 Å². The largest absolute Gasteiger partial charge is 0.480 e. The average molecular weight is 1490 g/mol. The van der Waals surface area contributed by atoms with Crippen molar-refractivity contribution < 1.29 is 86.3 Å². The molecular weight excluding hydrogens is 1330 g/mol. The molecule has 9 atom stereocenters. The number of aliphatic hydroxyl groups excluding tert-OH is 1. The summed E-state index contributed by atoms with van der Waals surface area (Å²) in [4.78, 5) is 118. The van der Waals surface area contributed by atoms with Crippen molar-refractivity contribution in [3.8, 4) is 0 Å². The highest BCUT2D eigenvalue weighted by atomic mass is 31.2. The fourth-order valence-corrected chi connectivity index (χ4v) is 14.2. The Kier molecular flexibility index (Phi) is 62.8. The zero-order chi connectivity index (χ0) is 75.8. The van der Waals surface area contributed by atoms with Crippen LogP contribution >= 0.6 is 7.82 Å². The van der Waals surface area contributed by atoms with E-state index in [0.29, 0.717) is 57.8 Å². The Balaban J connectivity index is 3.85. The number of carbonyl (C=O) groups excluding carboxylic acids is 6. The molecule has 1 rings (SSSR count). The highest BCUT2D eigenvalue weighted by Crippen LogP contribution is 2.42. The van der Waals surface area contributed by atoms with Crippen LogP contribution in [0.4, 0.5) is 0 Å². The molecule has 1 fully saturated rings. The van der Waals surface area contributed by atoms with Gasteiger partial charge < -0.3 is 59.6 Å². The van der Waals surface area contributed by atoms with Gasteiger partial charge in [-0.1, -0.05) is 311 Å². The van der Waals surface area contributed by atoms with Crippen molar-refractivity contribution in [1.82, 2.24) is 16.0 Å². The summed E-state index contributed by atoms with van der Waals surface area (Å²) in [6.07, 6.45) is 41.0. The zero-order valence-electron chi connectivity index (χ0n) is 65.9. The number of rotatable bonds is 73. The summed E-state index contributed by atoms with van der Waals surface area (Å²) in [5.74, 6) is -5.17. The predicted molar refractivity (Wildman–Crippen MR) is 409 cm³/mol. The minimum atomic E-state index is -5.52. The zero-order valence-corrected chi connectivity index (χ0v) is 66.8. The van der Waals surface area contributed by atoms with Crippen LogP contribution in [-0.2, 0) is 66.3 Å². The highest BCUT2D eigenvalue weighted by Gasteiger charge is 2.51. The number of nitrogens with one attached hydrogen (secondary N) is 3. The molecule has 0 aromatic rings. The summed E-state index contributed by atoms with van der Waals surface area (Å²) >= 11 is 0. The molecule has 7 N–H and O–H groups in total. The topological polar surface area (TPSA) is 309 Å². The Bertz CT molecular complexity index is 2170. The minimum absolute atomic E-state index is 0.145. The standard InChI is InChI=1S/C81H152N3O18P/c1-7-13-19-25-31-34-40-43-49-55-66(98-74(89)58-52-46-37-28-22-16-10-4)61-71(86)82-69(80(92)93)65-97-81-78(84-73(88)63-68(57-51-45-42-36-33-27-21-15-9-3)100-76(91)60-54-48-39-30-24-18-12-6)77(79(70(64-85)101-81)102-103(94,95)96)83-72(87)62-67(56-50-44-41-35-32-26-20-14-8-2)99-75(90)59-53-47-38-29-23-17-11-5/h66-70,77-79,81,85H,7-65H2,1-6H3,(H,82,86)(H,83,87)(H,84,88)(H,92,93)(H2,94,95,96)/t66-,67-,68-,69+,70-,77+,78-,79-,81-/m1/s1. The Morgan fingerprint density at radius 1 is 0.388 bits per heavy atom. The van der Waals surface area contributed by atoms with Crippen molar-refractivity contribution in [2.75, 3.05) is 13.2 Å². The third-order valence-corrected chi connectivity index (χ3v) is 20.4. The first-order chi connectivity index (χ1) is 49.8. The lowest BCUT2D eigenvalue weighted by Crippen LogP contribution is -2.70. The van der Waals surface area contributed by atoms with Gasteiger partial charge in [-0.3, -0.25) is 33.3 Å². The van der Waals surface area contributed by atoms with Crippen LogP contribution < -0.4 is 16.0 Å². The number of carboxylic acid groups (broad SMARTS) is 1. The number of ether oxygens (including phenoxy) is 5. The molecule has 1 heterocycles. The number of amides is 3. The molecule has 103 heavy (non-hydrogen) atoms. The summed E-state index contributed by atoms with van der Waals surface area (Å²) in [5.41, 5.74) is 0. The van der Waals surface area contributed by atoms with E-state index in [4.69, 9.17) is 28.2 Å². The number of hydrogen-bond donors (Lipinski definition) is 7. The second-order valence-corrected chi connectivity index (χ2v) is 30.9. The Morgan fingerprint density at radius 2 is 0.660 bits per heavy atom. The molecule has 0 saturated carbocycles. The van der Waals surface area contributed by atoms with E-state index in [0.717, 1.165) is 225 Å². The summed E-state index contributed by atoms with van der Waals surface area (Å²) < 4.78 is 48.9. The molecule has 0 unspecified atom stereocenters. The lowest BCUT2D eigenvalue weighted by molar-refractivity contribution is -0.249. The van der Waals surface area contributed by atoms with Crippen LogP contribution in [0, 0.1) is 0 Å². The Morgan fingerprint density at radius 3 is 0.942 bits per heavy atom. The number of carboxylic acids is 1. The normalized spacial score (nSPS) is 17.3. The number of unbranched alkanes of at least 4 members (excludes halogenated alkanes) is 42. The number of phosphoric ester groups is 1. The third-order valence-electron chi connectivity index (χ3n) is 19.8. The Hall–Kier alpha value is -3.72. The van der Waals surface area contributed by atoms with Gasteiger partial charge in [-0.2, -0.15) is 0 Å². The third kappa shape index (κ3) is 55.4. The molecule has 22 heteroatoms. The lowest BCUT2D eigenvalue weighted by Gasteiger charge is -2.46. The highest BCUT2D eigenvalue weighted by molar-refractivity contribution is 7.46. The molecule has 604 valence electrons. The maximum absolute atomic E-state index is 14.9. The van der Waals surface area contributed by atoms with E-state index in [1.165, 1.54) is 44.9 Å². The molecule has 0 aliphatic carbocycles. The van der Waals surface area contributed by atoms with Crippen LogP contribution in [0.25, 0.3) is 0 Å². The van der Waals surface area contributed by atoms with E-state index in [1.54, 1.807) is 0 Å². The lowest BCUT2D eigenvalue weighted by atomic mass is 9.93. The van der Waals surface area contributed by atoms with Crippen molar-refractivity contribution in [2.45, 2.75) is 462 Å². The van der Waals surface area contributed by atoms with E-state index in [9.17, 15) is 58.1 Å². The maximum atomic E-state index is 14.9. The first-order valence-electron chi connectivity index (χ1n) is 42.2. The van der Waals surface area contributed by atoms with Gasteiger partial charge in [0.15, 0.2) is 12.3 Å². The second kappa shape index (κ2) is 66.5. The van der Waals surface area contributed by atoms with E-state index in [2.05, 4.69) is 57.5 Å². The van der Waals surface area contributed by atoms with Crippen LogP contribution in [0.3, 0.4) is 0 Å². The molecule has 0 spiro atoms. The van der Waals surface area contributed by atoms with Gasteiger partial charge in [-0.05, 0) is 57.8 Å². The number of aliphatic carboxylic acids is 1. The van der Waals surface area contributed by atoms with Crippen LogP contribution in [0.5, 0.6) is 0 Å². The first kappa shape index (κ1) is 97.3. The van der Waals surface area contributed by atoms with E-state index < -0.39 is 130 Å². The van der Waals surface area contributed by atoms with Crippen molar-refractivity contribution in [3.05, 3.63) is 0 Å². The smallest absolute Gasteiger partial charge is 0.470 e. The quantitative estimate of drug-likeness (QED) is 0.0129. The van der Waals surface area contributed by atoms with Gasteiger partial charge >= 0.3 is 31.7 Å². The molecule has 0 radical (unpaired) electrons. The molecule has 21 nitrogen and oxygen atoms in total. The number of hydrogen-bond acceptors (Lipinski definition) is 15. The fourth-order valence-electron chi connectivity index (χ4n) is 13.6. The fraction of sp³-hybridized carbons (Fsp3) is 0.914. The van der Waals surface area contributed by atoms with Crippen LogP contribution in [0.2, 0.25) is 0 Å². The summed E-state index contributed by atoms with van der Waals surface area (Å²) in [6.45, 7) is 11.2. The monoisotopic (exact) mass is 1490 g/mol. The summed E-state index contributed by atoms with van der Waals surface area (Å²) in [6, 6.07) is -5.17. The molecule has 1 aliphatic heterocycles. The molecule has 1 aliphatic rings. The number of esters is 3. The summed E-state index contributed by atoms with van der Waals surface area (Å²) in [7, 11) is -5.52. The number of aliphatic hydroxyl groups is 1. The second-order valence-electron chi connectivity index (χ2n) is 29.7. The van der Waals surface area contributed by atoms with Gasteiger partial charge in [-0.15, -0.1) is 0 Å². The van der Waals surface area contributed by atoms with Gasteiger partial charge in [0.05, 0.1) is 38.5 Å². The predicted octanol–water partition coefficient (Wildman–Crippen LogP) is 18.8. The van der Waals surface area contributed by atoms with Gasteiger partial charge in [0, 0.05) is 19.3 Å². The Labute approximate surface area is 624 Å². The molecule has 0 aromatic carbocycles. The molecule has 0 bridgehead atoms. The molecule has 1 saturated heterocycles. The van der Waals surface area contributed by atoms with E-state index in [-0.39, 0.29) is 25.7 Å². The van der Waals surface area contributed by atoms with Crippen molar-refractivity contribution in [2.24, 2.45) is 0 Å². The molecular formula is C81H152N3O18P. The minimum Gasteiger partial charge on any atom is -0.480 e. The average Bonchev–Trinajstić information content (AvgIpc) is 0.780. The number of phosphoric acid groups is 1. The SMILES string of the molecule is CCCCCCCCCCC[C@H](CC(=O)N[C@H]1[C@H](OC[C@H](NC(=O)C[C@@H](CCCCCCCCCCC)OC(=O)CCCCCCCCC)C(=O)O)O[C@H](CO)[C@@H](OP(=O)(O)O)[C@H]1NC(=O)C[C@@H](CCCCCCCCCCC)OC(=O)CCCCCCCCC)OC(=O)CCCCCCCCC. The molecule has 0 aromatic heterocycles. The van der Waals surface area contributed by atoms with Gasteiger partial charge in [-0.25, -0.2) is 9.36 Å². The van der Waals surface area contributed by atoms with Crippen molar-refractivity contribution in [3.63, 3.8) is 0 Å². The van der Waals surface area contributed by atoms with Crippen LogP contribution in [0.1, 0.15) is 408 Å². The van der Waals surface area contributed by atoms with Crippen molar-refractivity contribution >= 4 is 49.4 Å². The van der Waals surface area contributed by atoms with Gasteiger partial charge in [0.2, 0.25) is 17.7 Å². The van der Waals surface area contributed by atoms with Crippen molar-refractivity contribution in [1.29, 1.82) is 0 Å². The molecule has 3 amide bonds. The van der Waals surface area contributed by atoms with Crippen LogP contribution in [-0.4, -0.2) is 130 Å². The summed E-state index contributed by atoms with van der Waals surface area (Å²) in [5, 5.41) is 29.9. The van der Waals surface area contributed by atoms with E-state index in [1.807, 2.05) is 0 Å². The van der Waals surface area contributed by atoms with E-state index >= 15 is 0 Å². The number of carbonyl (C=O) groups is 7.